The van der Waals surface area contributed by atoms with Crippen molar-refractivity contribution in [1.82, 2.24) is 0 Å². The van der Waals surface area contributed by atoms with Gasteiger partial charge in [0.05, 0.1) is 0 Å². The van der Waals surface area contributed by atoms with Crippen LogP contribution < -0.4 is 0 Å². The zero-order chi connectivity index (χ0) is 16.0. The van der Waals surface area contributed by atoms with E-state index < -0.39 is 32.0 Å². The Balaban J connectivity index is 2.95. The molecule has 0 bridgehead atoms. The van der Waals surface area contributed by atoms with E-state index in [0.29, 0.717) is 12.0 Å². The molecule has 1 aromatic carbocycles. The predicted molar refractivity (Wildman–Crippen MR) is 90.2 cm³/mol. The van der Waals surface area contributed by atoms with Crippen LogP contribution in [0.25, 0.3) is 0 Å². The fourth-order valence-corrected chi connectivity index (χ4v) is 4.36. The van der Waals surface area contributed by atoms with Crippen molar-refractivity contribution in [3.8, 4) is 0 Å². The van der Waals surface area contributed by atoms with E-state index in [1.54, 1.807) is 6.92 Å². The van der Waals surface area contributed by atoms with Gasteiger partial charge in [0.25, 0.3) is 0 Å². The van der Waals surface area contributed by atoms with Crippen LogP contribution in [0.1, 0.15) is 34.1 Å². The van der Waals surface area contributed by atoms with Gasteiger partial charge in [-0.3, -0.25) is 0 Å². The molecule has 0 heterocycles. The molecule has 0 aliphatic rings. The van der Waals surface area contributed by atoms with Crippen molar-refractivity contribution in [2.75, 3.05) is 0 Å². The molecule has 0 spiro atoms. The minimum absolute atomic E-state index is 0.291. The molecule has 0 atom stereocenters. The molecule has 116 valence electrons. The second-order valence-electron chi connectivity index (χ2n) is 5.26. The summed E-state index contributed by atoms with van der Waals surface area (Å²) in [4.78, 5) is 24.0. The van der Waals surface area contributed by atoms with E-state index in [-0.39, 0.29) is 5.97 Å². The Morgan fingerprint density at radius 3 is 2.24 bits per heavy atom. The van der Waals surface area contributed by atoms with Crippen molar-refractivity contribution in [1.29, 1.82) is 0 Å². The quantitative estimate of drug-likeness (QED) is 0.524. The molecule has 5 heteroatoms. The van der Waals surface area contributed by atoms with Crippen molar-refractivity contribution in [3.63, 3.8) is 0 Å². The molecular formula is C16H21IO4. The number of carbonyl (C=O) groups excluding carboxylic acids is 2. The molecule has 4 nitrogen and oxygen atoms in total. The summed E-state index contributed by atoms with van der Waals surface area (Å²) in [6.07, 6.45) is 0.652. The Kier molecular flexibility index (Phi) is 6.39. The second kappa shape index (κ2) is 7.59. The van der Waals surface area contributed by atoms with Gasteiger partial charge in [0.1, 0.15) is 0 Å². The number of carbonyl (C=O) groups is 2. The van der Waals surface area contributed by atoms with E-state index in [9.17, 15) is 9.59 Å². The van der Waals surface area contributed by atoms with Gasteiger partial charge in [0.15, 0.2) is 0 Å². The molecular weight excluding hydrogens is 383 g/mol. The summed E-state index contributed by atoms with van der Waals surface area (Å²) in [5, 5.41) is 0. The first-order valence-electron chi connectivity index (χ1n) is 6.64. The molecule has 1 rings (SSSR count). The molecule has 0 aliphatic heterocycles. The first-order valence-corrected chi connectivity index (χ1v) is 9.48. The topological polar surface area (TPSA) is 52.6 Å². The van der Waals surface area contributed by atoms with Crippen molar-refractivity contribution in [2.45, 2.75) is 34.1 Å². The fraction of sp³-hybridized carbons (Fsp3) is 0.375. The molecule has 0 saturated heterocycles. The zero-order valence-corrected chi connectivity index (χ0v) is 15.0. The molecule has 0 fully saturated rings. The van der Waals surface area contributed by atoms with Gasteiger partial charge >= 0.3 is 134 Å². The Morgan fingerprint density at radius 2 is 1.76 bits per heavy atom. The average Bonchev–Trinajstić information content (AvgIpc) is 2.47. The summed E-state index contributed by atoms with van der Waals surface area (Å²) in [5.41, 5.74) is -0.306. The maximum absolute atomic E-state index is 12.2. The predicted octanol–water partition coefficient (Wildman–Crippen LogP) is 4.29. The number of rotatable bonds is 6. The Labute approximate surface area is 134 Å². The molecule has 0 saturated carbocycles. The van der Waals surface area contributed by atoms with Crippen LogP contribution in [-0.4, -0.2) is 11.9 Å². The standard InChI is InChI=1S/C16H21IO4/c1-6-16(4,5)15(19)21-17(20-14(18)12(2)3)13-10-8-7-9-11-13/h7-11H,2,6H2,1,3-5H3. The number of hydrogen-bond donors (Lipinski definition) is 0. The summed E-state index contributed by atoms with van der Waals surface area (Å²) in [5.74, 6) is -0.861. The first kappa shape index (κ1) is 17.7. The SMILES string of the molecule is C=C(C)C(=O)OI(OC(=O)C(C)(C)CC)c1ccccc1. The van der Waals surface area contributed by atoms with Crippen LogP contribution in [0.5, 0.6) is 0 Å². The summed E-state index contributed by atoms with van der Waals surface area (Å²) in [7, 11) is 0. The van der Waals surface area contributed by atoms with Crippen molar-refractivity contribution < 1.29 is 15.7 Å². The van der Waals surface area contributed by atoms with Gasteiger partial charge in [-0.15, -0.1) is 0 Å². The minimum atomic E-state index is -2.84. The summed E-state index contributed by atoms with van der Waals surface area (Å²) in [6.45, 7) is 10.7. The van der Waals surface area contributed by atoms with Crippen molar-refractivity contribution in [2.24, 2.45) is 5.41 Å². The molecule has 0 amide bonds. The van der Waals surface area contributed by atoms with Crippen LogP contribution in [0.15, 0.2) is 42.5 Å². The summed E-state index contributed by atoms with van der Waals surface area (Å²) >= 11 is -2.84. The van der Waals surface area contributed by atoms with Crippen LogP contribution in [-0.2, 0) is 15.7 Å². The van der Waals surface area contributed by atoms with Gasteiger partial charge in [0, 0.05) is 0 Å². The van der Waals surface area contributed by atoms with Crippen LogP contribution in [0.3, 0.4) is 0 Å². The monoisotopic (exact) mass is 404 g/mol. The molecule has 0 unspecified atom stereocenters. The van der Waals surface area contributed by atoms with Gasteiger partial charge in [-0.1, -0.05) is 0 Å². The Morgan fingerprint density at radius 1 is 1.19 bits per heavy atom. The summed E-state index contributed by atoms with van der Waals surface area (Å²) < 4.78 is 11.7. The third kappa shape index (κ3) is 5.15. The van der Waals surface area contributed by atoms with E-state index >= 15 is 0 Å². The van der Waals surface area contributed by atoms with Gasteiger partial charge in [-0.2, -0.15) is 0 Å². The van der Waals surface area contributed by atoms with Crippen molar-refractivity contribution in [3.05, 3.63) is 46.1 Å². The third-order valence-corrected chi connectivity index (χ3v) is 6.31. The van der Waals surface area contributed by atoms with Gasteiger partial charge in [-0.25, -0.2) is 0 Å². The Bertz CT molecular complexity index is 522. The molecule has 0 N–H and O–H groups in total. The molecule has 21 heavy (non-hydrogen) atoms. The second-order valence-corrected chi connectivity index (χ2v) is 8.63. The van der Waals surface area contributed by atoms with Gasteiger partial charge in [0.2, 0.25) is 0 Å². The van der Waals surface area contributed by atoms with Gasteiger partial charge in [-0.05, 0) is 0 Å². The first-order chi connectivity index (χ1) is 9.77. The third-order valence-electron chi connectivity index (χ3n) is 2.98. The maximum atomic E-state index is 12.2. The number of halogens is 1. The van der Waals surface area contributed by atoms with E-state index in [2.05, 4.69) is 6.58 Å². The van der Waals surface area contributed by atoms with Crippen LogP contribution in [0.4, 0.5) is 0 Å². The molecule has 0 radical (unpaired) electrons. The van der Waals surface area contributed by atoms with Gasteiger partial charge < -0.3 is 0 Å². The Hall–Kier alpha value is -1.37. The number of hydrogen-bond acceptors (Lipinski definition) is 4. The number of benzene rings is 1. The zero-order valence-electron chi connectivity index (χ0n) is 12.8. The van der Waals surface area contributed by atoms with Crippen LogP contribution >= 0.6 is 20.6 Å². The molecule has 0 aliphatic carbocycles. The normalized spacial score (nSPS) is 11.5. The fourth-order valence-electron chi connectivity index (χ4n) is 1.06. The summed E-state index contributed by atoms with van der Waals surface area (Å²) in [6, 6.07) is 9.13. The van der Waals surface area contributed by atoms with E-state index in [1.807, 2.05) is 51.1 Å². The van der Waals surface area contributed by atoms with Crippen molar-refractivity contribution >= 4 is 32.6 Å². The van der Waals surface area contributed by atoms with Crippen LogP contribution in [0.2, 0.25) is 0 Å². The molecule has 0 aromatic heterocycles. The van der Waals surface area contributed by atoms with Crippen LogP contribution in [0, 0.1) is 8.99 Å². The van der Waals surface area contributed by atoms with E-state index in [4.69, 9.17) is 6.13 Å². The molecule has 1 aromatic rings. The average molecular weight is 404 g/mol. The van der Waals surface area contributed by atoms with E-state index in [0.717, 1.165) is 3.57 Å². The van der Waals surface area contributed by atoms with E-state index in [1.165, 1.54) is 0 Å².